The van der Waals surface area contributed by atoms with E-state index >= 15 is 0 Å². The second-order valence-electron chi connectivity index (χ2n) is 8.52. The van der Waals surface area contributed by atoms with Gasteiger partial charge in [-0.25, -0.2) is 4.39 Å². The molecule has 198 valence electrons. The molecule has 2 amide bonds. The van der Waals surface area contributed by atoms with Gasteiger partial charge in [0.2, 0.25) is 5.91 Å². The minimum Gasteiger partial charge on any atom is -0.399 e. The van der Waals surface area contributed by atoms with Gasteiger partial charge in [-0.05, 0) is 61.0 Å². The molecule has 4 rings (SSSR count). The maximum atomic E-state index is 14.6. The number of anilines is 2. The fourth-order valence-electron chi connectivity index (χ4n) is 4.04. The molecule has 0 aromatic heterocycles. The number of carbonyl (C=O) groups is 2. The monoisotopic (exact) mass is 615 g/mol. The highest BCUT2D eigenvalue weighted by Gasteiger charge is 2.67. The lowest BCUT2D eigenvalue weighted by atomic mass is 10.1. The number of halogens is 6. The first-order chi connectivity index (χ1) is 17.9. The van der Waals surface area contributed by atoms with Crippen molar-refractivity contribution in [3.8, 4) is 0 Å². The van der Waals surface area contributed by atoms with E-state index in [1.807, 2.05) is 0 Å². The Bertz CT molecular complexity index is 1440. The Morgan fingerprint density at radius 2 is 1.66 bits per heavy atom. The molecule has 1 aliphatic rings. The van der Waals surface area contributed by atoms with E-state index in [0.717, 1.165) is 0 Å². The third-order valence-electron chi connectivity index (χ3n) is 5.92. The largest absolute Gasteiger partial charge is 0.399 e. The second-order valence-corrected chi connectivity index (χ2v) is 11.2. The summed E-state index contributed by atoms with van der Waals surface area (Å²) in [5.41, 5.74) is 1.79. The van der Waals surface area contributed by atoms with E-state index < -0.39 is 33.8 Å². The van der Waals surface area contributed by atoms with Gasteiger partial charge in [-0.1, -0.05) is 46.0 Å². The number of hydrogen-bond donors (Lipinski definition) is 2. The normalized spacial score (nSPS) is 18.1. The fourth-order valence-corrected chi connectivity index (χ4v) is 5.61. The van der Waals surface area contributed by atoms with Gasteiger partial charge >= 0.3 is 0 Å². The number of rotatable bonds is 7. The summed E-state index contributed by atoms with van der Waals surface area (Å²) in [6.45, 7) is 1.66. The van der Waals surface area contributed by atoms with Crippen molar-refractivity contribution in [1.82, 2.24) is 0 Å². The summed E-state index contributed by atoms with van der Waals surface area (Å²) in [4.78, 5) is 30.6. The zero-order valence-corrected chi connectivity index (χ0v) is 23.6. The Hall–Kier alpha value is -2.55. The molecule has 6 nitrogen and oxygen atoms in total. The van der Waals surface area contributed by atoms with Crippen LogP contribution in [0.25, 0.3) is 0 Å². The van der Waals surface area contributed by atoms with Crippen LogP contribution in [0, 0.1) is 11.7 Å². The van der Waals surface area contributed by atoms with Crippen molar-refractivity contribution in [2.24, 2.45) is 11.1 Å². The van der Waals surface area contributed by atoms with Gasteiger partial charge in [0.25, 0.3) is 5.91 Å². The average Bonchev–Trinajstić information content (AvgIpc) is 3.43. The number of hydrogen-bond acceptors (Lipinski definition) is 4. The van der Waals surface area contributed by atoms with Gasteiger partial charge in [0.1, 0.15) is 17.3 Å². The summed E-state index contributed by atoms with van der Waals surface area (Å²) < 4.78 is 13.3. The molecule has 1 fully saturated rings. The van der Waals surface area contributed by atoms with E-state index in [4.69, 9.17) is 62.8 Å². The third kappa shape index (κ3) is 6.03. The quantitative estimate of drug-likeness (QED) is 0.161. The minimum absolute atomic E-state index is 0.0158. The number of oxime groups is 1. The van der Waals surface area contributed by atoms with Crippen LogP contribution in [0.5, 0.6) is 0 Å². The summed E-state index contributed by atoms with van der Waals surface area (Å²) >= 11 is 31.2. The van der Waals surface area contributed by atoms with Crippen molar-refractivity contribution in [3.05, 3.63) is 92.2 Å². The number of carbonyl (C=O) groups excluding carboxylic acids is 2. The van der Waals surface area contributed by atoms with Crippen LogP contribution in [0.2, 0.25) is 15.1 Å². The van der Waals surface area contributed by atoms with Crippen molar-refractivity contribution in [2.75, 3.05) is 17.7 Å². The Labute approximate surface area is 243 Å². The number of benzene rings is 3. The number of nitrogens with one attached hydrogen (secondary N) is 2. The summed E-state index contributed by atoms with van der Waals surface area (Å²) in [5, 5.41) is 9.83. The molecule has 2 atom stereocenters. The minimum atomic E-state index is -1.37. The Balaban J connectivity index is 1.50. The summed E-state index contributed by atoms with van der Waals surface area (Å²) in [6, 6.07) is 13.4. The topological polar surface area (TPSA) is 79.8 Å². The molecular formula is C26H19Cl5FN3O3. The summed E-state index contributed by atoms with van der Waals surface area (Å²) in [6.07, 6.45) is 0. The zero-order chi connectivity index (χ0) is 27.8. The van der Waals surface area contributed by atoms with E-state index in [0.29, 0.717) is 26.9 Å². The van der Waals surface area contributed by atoms with E-state index in [-0.39, 0.29) is 22.0 Å². The van der Waals surface area contributed by atoms with Crippen LogP contribution in [-0.2, 0) is 9.63 Å². The van der Waals surface area contributed by atoms with Crippen molar-refractivity contribution in [3.63, 3.8) is 0 Å². The van der Waals surface area contributed by atoms with Crippen LogP contribution in [0.1, 0.15) is 34.3 Å². The van der Waals surface area contributed by atoms with Gasteiger partial charge in [-0.2, -0.15) is 0 Å². The molecule has 3 aromatic carbocycles. The number of amides is 2. The Morgan fingerprint density at radius 1 is 0.974 bits per heavy atom. The van der Waals surface area contributed by atoms with Crippen LogP contribution >= 0.6 is 58.0 Å². The fraction of sp³-hybridized carbons (Fsp3) is 0.192. The first-order valence-corrected chi connectivity index (χ1v) is 12.9. The lowest BCUT2D eigenvalue weighted by molar-refractivity contribution is -0.117. The molecule has 0 aliphatic heterocycles. The number of nitrogens with zero attached hydrogens (tertiary/aromatic N) is 1. The molecular weight excluding hydrogens is 599 g/mol. The predicted octanol–water partition coefficient (Wildman–Crippen LogP) is 7.93. The van der Waals surface area contributed by atoms with Gasteiger partial charge < -0.3 is 15.5 Å². The lowest BCUT2D eigenvalue weighted by Crippen LogP contribution is -2.18. The molecule has 1 saturated carbocycles. The molecule has 0 saturated heterocycles. The molecule has 0 radical (unpaired) electrons. The molecule has 3 aromatic rings. The first kappa shape index (κ1) is 28.5. The molecule has 0 heterocycles. The van der Waals surface area contributed by atoms with Crippen molar-refractivity contribution in [2.45, 2.75) is 17.2 Å². The Kier molecular flexibility index (Phi) is 8.45. The average molecular weight is 618 g/mol. The predicted molar refractivity (Wildman–Crippen MR) is 151 cm³/mol. The highest BCUT2D eigenvalue weighted by molar-refractivity contribution is 6.53. The van der Waals surface area contributed by atoms with Gasteiger partial charge in [-0.3, -0.25) is 9.59 Å². The van der Waals surface area contributed by atoms with E-state index in [9.17, 15) is 14.0 Å². The molecule has 0 bridgehead atoms. The van der Waals surface area contributed by atoms with Crippen molar-refractivity contribution in [1.29, 1.82) is 0 Å². The summed E-state index contributed by atoms with van der Waals surface area (Å²) in [5.74, 6) is -3.17. The molecule has 2 N–H and O–H groups in total. The van der Waals surface area contributed by atoms with E-state index in [2.05, 4.69) is 15.8 Å². The maximum Gasteiger partial charge on any atom is 0.257 e. The van der Waals surface area contributed by atoms with Crippen LogP contribution in [0.3, 0.4) is 0 Å². The molecule has 0 spiro atoms. The zero-order valence-electron chi connectivity index (χ0n) is 19.8. The van der Waals surface area contributed by atoms with Crippen molar-refractivity contribution >= 4 is 86.9 Å². The van der Waals surface area contributed by atoms with Crippen LogP contribution in [-0.4, -0.2) is 29.0 Å². The van der Waals surface area contributed by atoms with Crippen LogP contribution in [0.15, 0.2) is 59.8 Å². The second kappa shape index (κ2) is 11.3. The number of alkyl halides is 2. The highest BCUT2D eigenvalue weighted by atomic mass is 35.5. The van der Waals surface area contributed by atoms with Gasteiger partial charge in [0.15, 0.2) is 0 Å². The smallest absolute Gasteiger partial charge is 0.257 e. The van der Waals surface area contributed by atoms with Crippen LogP contribution in [0.4, 0.5) is 15.8 Å². The third-order valence-corrected chi connectivity index (χ3v) is 7.63. The van der Waals surface area contributed by atoms with Gasteiger partial charge in [-0.15, -0.1) is 23.2 Å². The molecule has 1 aliphatic carbocycles. The SMILES string of the molecule is CO/N=C(\C)c1ccc(NC(=O)c2cc(NC(=O)C3C(c4cc(Cl)cc(Cl)c4)C3(Cl)Cl)ccc2Cl)c(F)c1. The Morgan fingerprint density at radius 3 is 2.29 bits per heavy atom. The molecule has 12 heteroatoms. The van der Waals surface area contributed by atoms with Crippen LogP contribution < -0.4 is 10.6 Å². The molecule has 38 heavy (non-hydrogen) atoms. The molecule has 2 unspecified atom stereocenters. The van der Waals surface area contributed by atoms with Gasteiger partial charge in [0.05, 0.1) is 27.9 Å². The van der Waals surface area contributed by atoms with E-state index in [1.54, 1.807) is 31.2 Å². The van der Waals surface area contributed by atoms with Gasteiger partial charge in [0, 0.05) is 27.2 Å². The lowest BCUT2D eigenvalue weighted by Gasteiger charge is -2.11. The first-order valence-electron chi connectivity index (χ1n) is 11.1. The standard InChI is InChI=1S/C26H19Cl5FN3O3/c1-12(35-38-2)13-3-6-21(20(32)9-13)34-24(36)18-11-17(4-5-19(18)29)33-25(37)23-22(26(23,30)31)14-7-15(27)10-16(28)8-14/h3-11,22-23H,1-2H3,(H,33,37)(H,34,36)/b35-12+. The summed E-state index contributed by atoms with van der Waals surface area (Å²) in [7, 11) is 1.38. The van der Waals surface area contributed by atoms with E-state index in [1.165, 1.54) is 37.4 Å². The van der Waals surface area contributed by atoms with Crippen molar-refractivity contribution < 1.29 is 18.8 Å². The highest BCUT2D eigenvalue weighted by Crippen LogP contribution is 2.65. The maximum absolute atomic E-state index is 14.6.